The first-order valence-electron chi connectivity index (χ1n) is 6.43. The Balaban J connectivity index is 2.14. The molecule has 0 aliphatic rings. The van der Waals surface area contributed by atoms with Crippen LogP contribution in [0.5, 0.6) is 0 Å². The van der Waals surface area contributed by atoms with E-state index in [4.69, 9.17) is 5.26 Å². The summed E-state index contributed by atoms with van der Waals surface area (Å²) >= 11 is 0. The molecule has 2 aromatic carbocycles. The smallest absolute Gasteiger partial charge is 0.131 e. The molecule has 0 saturated heterocycles. The summed E-state index contributed by atoms with van der Waals surface area (Å²) in [5.41, 5.74) is 0.619. The monoisotopic (exact) mass is 288 g/mol. The van der Waals surface area contributed by atoms with Gasteiger partial charge in [0.25, 0.3) is 0 Å². The van der Waals surface area contributed by atoms with Gasteiger partial charge in [0.05, 0.1) is 24.3 Å². The Hall–Kier alpha value is -2.29. The van der Waals surface area contributed by atoms with Crippen molar-refractivity contribution >= 4 is 0 Å². The van der Waals surface area contributed by atoms with E-state index in [0.29, 0.717) is 0 Å². The Bertz CT molecular complexity index is 630. The minimum atomic E-state index is -0.774. The first kappa shape index (κ1) is 15.1. The number of benzene rings is 2. The van der Waals surface area contributed by atoms with Crippen molar-refractivity contribution in [1.29, 1.82) is 5.26 Å². The number of aliphatic hydroxyl groups is 1. The number of nitriles is 1. The molecule has 3 nitrogen and oxygen atoms in total. The largest absolute Gasteiger partial charge is 0.394 e. The van der Waals surface area contributed by atoms with Crippen molar-refractivity contribution in [2.45, 2.75) is 12.6 Å². The van der Waals surface area contributed by atoms with E-state index in [1.807, 2.05) is 30.3 Å². The Morgan fingerprint density at radius 2 is 1.76 bits per heavy atom. The lowest BCUT2D eigenvalue weighted by Crippen LogP contribution is -2.25. The molecule has 0 unspecified atom stereocenters. The standard InChI is InChI=1S/C16H14F2N2O/c17-14-6-11(8-19)7-15(18)13(14)9-20-16(10-21)12-4-2-1-3-5-12/h1-7,16,20-21H,9-10H2/t16-/m0/s1. The molecule has 2 rings (SSSR count). The van der Waals surface area contributed by atoms with Crippen LogP contribution in [0.15, 0.2) is 42.5 Å². The predicted octanol–water partition coefficient (Wildman–Crippen LogP) is 2.66. The number of hydrogen-bond acceptors (Lipinski definition) is 3. The average molecular weight is 288 g/mol. The molecular formula is C16H14F2N2O. The van der Waals surface area contributed by atoms with Crippen molar-refractivity contribution in [3.05, 3.63) is 70.8 Å². The van der Waals surface area contributed by atoms with E-state index in [0.717, 1.165) is 17.7 Å². The van der Waals surface area contributed by atoms with E-state index in [1.54, 1.807) is 6.07 Å². The fourth-order valence-electron chi connectivity index (χ4n) is 2.03. The van der Waals surface area contributed by atoms with Crippen molar-refractivity contribution < 1.29 is 13.9 Å². The second-order valence-electron chi connectivity index (χ2n) is 4.56. The summed E-state index contributed by atoms with van der Waals surface area (Å²) in [7, 11) is 0. The van der Waals surface area contributed by atoms with Crippen molar-refractivity contribution in [1.82, 2.24) is 5.32 Å². The summed E-state index contributed by atoms with van der Waals surface area (Å²) in [5, 5.41) is 20.9. The predicted molar refractivity (Wildman–Crippen MR) is 74.2 cm³/mol. The van der Waals surface area contributed by atoms with Crippen molar-refractivity contribution in [3.8, 4) is 6.07 Å². The molecule has 0 saturated carbocycles. The number of halogens is 2. The van der Waals surface area contributed by atoms with Crippen molar-refractivity contribution in [3.63, 3.8) is 0 Å². The molecule has 108 valence electrons. The zero-order chi connectivity index (χ0) is 15.2. The summed E-state index contributed by atoms with van der Waals surface area (Å²) in [6, 6.07) is 12.4. The minimum absolute atomic E-state index is 0.0597. The molecule has 0 amide bonds. The number of aliphatic hydroxyl groups excluding tert-OH is 1. The Labute approximate surface area is 121 Å². The van der Waals surface area contributed by atoms with E-state index in [2.05, 4.69) is 5.32 Å². The topological polar surface area (TPSA) is 56.0 Å². The third kappa shape index (κ3) is 3.63. The van der Waals surface area contributed by atoms with Gasteiger partial charge in [-0.1, -0.05) is 30.3 Å². The van der Waals surface area contributed by atoms with Crippen LogP contribution in [0.3, 0.4) is 0 Å². The van der Waals surface area contributed by atoms with E-state index in [1.165, 1.54) is 0 Å². The number of rotatable bonds is 5. The number of nitrogens with zero attached hydrogens (tertiary/aromatic N) is 1. The third-order valence-electron chi connectivity index (χ3n) is 3.18. The first-order valence-corrected chi connectivity index (χ1v) is 6.43. The molecule has 0 spiro atoms. The van der Waals surface area contributed by atoms with E-state index >= 15 is 0 Å². The van der Waals surface area contributed by atoms with Gasteiger partial charge in [0, 0.05) is 12.1 Å². The summed E-state index contributed by atoms with van der Waals surface area (Å²) in [6.07, 6.45) is 0. The van der Waals surface area contributed by atoms with Crippen LogP contribution < -0.4 is 5.32 Å². The van der Waals surface area contributed by atoms with Gasteiger partial charge in [0.1, 0.15) is 11.6 Å². The summed E-state index contributed by atoms with van der Waals surface area (Å²) in [6.45, 7) is -0.271. The zero-order valence-corrected chi connectivity index (χ0v) is 11.2. The quantitative estimate of drug-likeness (QED) is 0.889. The highest BCUT2D eigenvalue weighted by atomic mass is 19.1. The van der Waals surface area contributed by atoms with Gasteiger partial charge in [-0.15, -0.1) is 0 Å². The normalized spacial score (nSPS) is 11.9. The molecule has 0 bridgehead atoms. The summed E-state index contributed by atoms with van der Waals surface area (Å²) < 4.78 is 27.5. The molecule has 5 heteroatoms. The molecule has 0 heterocycles. The summed E-state index contributed by atoms with van der Waals surface area (Å²) in [4.78, 5) is 0. The Morgan fingerprint density at radius 1 is 1.14 bits per heavy atom. The van der Waals surface area contributed by atoms with Gasteiger partial charge in [0.2, 0.25) is 0 Å². The van der Waals surface area contributed by atoms with Crippen LogP contribution in [0.1, 0.15) is 22.7 Å². The van der Waals surface area contributed by atoms with Crippen molar-refractivity contribution in [2.24, 2.45) is 0 Å². The van der Waals surface area contributed by atoms with Crippen LogP contribution in [0, 0.1) is 23.0 Å². The lowest BCUT2D eigenvalue weighted by atomic mass is 10.1. The van der Waals surface area contributed by atoms with Crippen LogP contribution in [0.2, 0.25) is 0 Å². The molecule has 2 aromatic rings. The van der Waals surface area contributed by atoms with Crippen LogP contribution in [0.25, 0.3) is 0 Å². The third-order valence-corrected chi connectivity index (χ3v) is 3.18. The van der Waals surface area contributed by atoms with Gasteiger partial charge < -0.3 is 10.4 Å². The highest BCUT2D eigenvalue weighted by Crippen LogP contribution is 2.17. The maximum atomic E-state index is 13.8. The van der Waals surface area contributed by atoms with Gasteiger partial charge in [0.15, 0.2) is 0 Å². The molecule has 1 atom stereocenters. The molecule has 21 heavy (non-hydrogen) atoms. The van der Waals surface area contributed by atoms with Crippen LogP contribution in [-0.4, -0.2) is 11.7 Å². The highest BCUT2D eigenvalue weighted by Gasteiger charge is 2.14. The Kier molecular flexibility index (Phi) is 4.99. The van der Waals surface area contributed by atoms with Gasteiger partial charge >= 0.3 is 0 Å². The number of hydrogen-bond donors (Lipinski definition) is 2. The maximum absolute atomic E-state index is 13.8. The lowest BCUT2D eigenvalue weighted by Gasteiger charge is -2.17. The molecule has 0 fully saturated rings. The van der Waals surface area contributed by atoms with Gasteiger partial charge in [-0.2, -0.15) is 5.26 Å². The molecule has 0 aromatic heterocycles. The first-order chi connectivity index (χ1) is 10.2. The highest BCUT2D eigenvalue weighted by molar-refractivity contribution is 5.34. The fourth-order valence-corrected chi connectivity index (χ4v) is 2.03. The zero-order valence-electron chi connectivity index (χ0n) is 11.2. The van der Waals surface area contributed by atoms with E-state index < -0.39 is 17.7 Å². The fraction of sp³-hybridized carbons (Fsp3) is 0.188. The van der Waals surface area contributed by atoms with Gasteiger partial charge in [-0.25, -0.2) is 8.78 Å². The second kappa shape index (κ2) is 6.93. The van der Waals surface area contributed by atoms with E-state index in [9.17, 15) is 13.9 Å². The lowest BCUT2D eigenvalue weighted by molar-refractivity contribution is 0.242. The molecular weight excluding hydrogens is 274 g/mol. The average Bonchev–Trinajstić information content (AvgIpc) is 2.50. The van der Waals surface area contributed by atoms with Crippen molar-refractivity contribution in [2.75, 3.05) is 6.61 Å². The maximum Gasteiger partial charge on any atom is 0.131 e. The SMILES string of the molecule is N#Cc1cc(F)c(CN[C@@H](CO)c2ccccc2)c(F)c1. The Morgan fingerprint density at radius 3 is 2.29 bits per heavy atom. The van der Waals surface area contributed by atoms with Crippen LogP contribution in [0.4, 0.5) is 8.78 Å². The molecule has 0 aliphatic carbocycles. The molecule has 0 aliphatic heterocycles. The summed E-state index contributed by atoms with van der Waals surface area (Å²) in [5.74, 6) is -1.55. The van der Waals surface area contributed by atoms with Gasteiger partial charge in [-0.3, -0.25) is 0 Å². The molecule has 0 radical (unpaired) electrons. The van der Waals surface area contributed by atoms with Crippen LogP contribution in [-0.2, 0) is 6.54 Å². The van der Waals surface area contributed by atoms with Gasteiger partial charge in [-0.05, 0) is 17.7 Å². The molecule has 2 N–H and O–H groups in total. The van der Waals surface area contributed by atoms with Crippen LogP contribution >= 0.6 is 0 Å². The second-order valence-corrected chi connectivity index (χ2v) is 4.56. The minimum Gasteiger partial charge on any atom is -0.394 e. The van der Waals surface area contributed by atoms with E-state index in [-0.39, 0.29) is 24.3 Å². The number of nitrogens with one attached hydrogen (secondary N) is 1.